The summed E-state index contributed by atoms with van der Waals surface area (Å²) in [6.45, 7) is 13.2. The number of hydrogen-bond acceptors (Lipinski definition) is 1. The number of fused-ring (bicyclic) bond motifs is 1. The molecule has 1 atom stereocenters. The predicted molar refractivity (Wildman–Crippen MR) is 110 cm³/mol. The molecule has 1 aromatic carbocycles. The Hall–Kier alpha value is -2.09. The van der Waals surface area contributed by atoms with Crippen LogP contribution in [0.3, 0.4) is 0 Å². The van der Waals surface area contributed by atoms with E-state index in [0.29, 0.717) is 11.8 Å². The van der Waals surface area contributed by atoms with Gasteiger partial charge < -0.3 is 4.98 Å². The van der Waals surface area contributed by atoms with Gasteiger partial charge in [-0.15, -0.1) is 0 Å². The van der Waals surface area contributed by atoms with Crippen LogP contribution in [0.1, 0.15) is 56.9 Å². The molecule has 1 fully saturated rings. The molecule has 1 aliphatic carbocycles. The Morgan fingerprint density at radius 1 is 1.36 bits per heavy atom. The van der Waals surface area contributed by atoms with E-state index in [-0.39, 0.29) is 0 Å². The molecule has 2 nitrogen and oxygen atoms in total. The molecule has 0 radical (unpaired) electrons. The van der Waals surface area contributed by atoms with Crippen molar-refractivity contribution in [3.8, 4) is 0 Å². The first-order valence-electron chi connectivity index (χ1n) is 9.59. The van der Waals surface area contributed by atoms with Crippen molar-refractivity contribution < 1.29 is 0 Å². The second-order valence-electron chi connectivity index (χ2n) is 7.38. The summed E-state index contributed by atoms with van der Waals surface area (Å²) in [4.78, 5) is 8.21. The second kappa shape index (κ2) is 7.43. The summed E-state index contributed by atoms with van der Waals surface area (Å²) < 4.78 is 0. The summed E-state index contributed by atoms with van der Waals surface area (Å²) >= 11 is 0. The molecule has 25 heavy (non-hydrogen) atoms. The quantitative estimate of drug-likeness (QED) is 0.444. The van der Waals surface area contributed by atoms with E-state index in [2.05, 4.69) is 68.7 Å². The van der Waals surface area contributed by atoms with Crippen LogP contribution < -0.4 is 0 Å². The smallest absolute Gasteiger partial charge is 0.0462 e. The standard InChI is InChI=1S/C23H30N2/c1-6-15(3)13-24-14-21(16(4)19-9-10-19)23-17(5)25-22-11-8-18(7-2)12-20(22)23/h8,11-15,19,25H,4,6-7,9-10H2,1-3,5H3/b21-14+,24-13?. The Morgan fingerprint density at radius 3 is 2.76 bits per heavy atom. The summed E-state index contributed by atoms with van der Waals surface area (Å²) in [5, 5.41) is 1.30. The molecule has 1 saturated carbocycles. The molecule has 0 spiro atoms. The Bertz CT molecular complexity index is 831. The van der Waals surface area contributed by atoms with Crippen LogP contribution in [0.15, 0.2) is 41.5 Å². The Balaban J connectivity index is 2.10. The molecule has 132 valence electrons. The number of nitrogens with zero attached hydrogens (tertiary/aromatic N) is 1. The number of aliphatic imine (C=N–C) groups is 1. The van der Waals surface area contributed by atoms with E-state index >= 15 is 0 Å². The lowest BCUT2D eigenvalue weighted by Gasteiger charge is -2.11. The summed E-state index contributed by atoms with van der Waals surface area (Å²) in [5.41, 5.74) is 7.50. The van der Waals surface area contributed by atoms with Crippen LogP contribution >= 0.6 is 0 Å². The van der Waals surface area contributed by atoms with Crippen LogP contribution in [0.25, 0.3) is 16.5 Å². The van der Waals surface area contributed by atoms with Crippen LogP contribution in [0.5, 0.6) is 0 Å². The van der Waals surface area contributed by atoms with Gasteiger partial charge in [-0.05, 0) is 67.7 Å². The Morgan fingerprint density at radius 2 is 2.12 bits per heavy atom. The highest BCUT2D eigenvalue weighted by atomic mass is 14.7. The molecule has 1 unspecified atom stereocenters. The zero-order chi connectivity index (χ0) is 18.0. The number of aromatic nitrogens is 1. The van der Waals surface area contributed by atoms with Crippen molar-refractivity contribution in [2.24, 2.45) is 16.8 Å². The van der Waals surface area contributed by atoms with Gasteiger partial charge in [0.25, 0.3) is 0 Å². The number of benzene rings is 1. The third-order valence-corrected chi connectivity index (χ3v) is 5.33. The van der Waals surface area contributed by atoms with Crippen LogP contribution in [0.4, 0.5) is 0 Å². The first-order chi connectivity index (χ1) is 12.0. The van der Waals surface area contributed by atoms with Crippen molar-refractivity contribution in [3.05, 3.63) is 53.4 Å². The van der Waals surface area contributed by atoms with Gasteiger partial charge >= 0.3 is 0 Å². The van der Waals surface area contributed by atoms with Crippen molar-refractivity contribution in [1.82, 2.24) is 4.98 Å². The lowest BCUT2D eigenvalue weighted by molar-refractivity contribution is 0.754. The zero-order valence-corrected chi connectivity index (χ0v) is 16.0. The average Bonchev–Trinajstić information content (AvgIpc) is 3.41. The van der Waals surface area contributed by atoms with Crippen LogP contribution in [-0.4, -0.2) is 11.2 Å². The Labute approximate surface area is 151 Å². The lowest BCUT2D eigenvalue weighted by Crippen LogP contribution is -1.95. The van der Waals surface area contributed by atoms with E-state index in [1.165, 1.54) is 51.7 Å². The number of nitrogens with one attached hydrogen (secondary N) is 1. The zero-order valence-electron chi connectivity index (χ0n) is 16.0. The lowest BCUT2D eigenvalue weighted by atomic mass is 9.93. The second-order valence-corrected chi connectivity index (χ2v) is 7.38. The van der Waals surface area contributed by atoms with Crippen LogP contribution in [0.2, 0.25) is 0 Å². The van der Waals surface area contributed by atoms with Gasteiger partial charge in [0.05, 0.1) is 0 Å². The fraction of sp³-hybridized carbons (Fsp3) is 0.435. The highest BCUT2D eigenvalue weighted by Crippen LogP contribution is 2.44. The van der Waals surface area contributed by atoms with Crippen LogP contribution in [-0.2, 0) is 6.42 Å². The molecule has 2 aromatic rings. The van der Waals surface area contributed by atoms with Crippen molar-refractivity contribution in [3.63, 3.8) is 0 Å². The van der Waals surface area contributed by atoms with E-state index in [4.69, 9.17) is 0 Å². The van der Waals surface area contributed by atoms with E-state index in [1.807, 2.05) is 6.20 Å². The van der Waals surface area contributed by atoms with Gasteiger partial charge in [0.15, 0.2) is 0 Å². The number of allylic oxidation sites excluding steroid dienone is 2. The summed E-state index contributed by atoms with van der Waals surface area (Å²) in [6, 6.07) is 6.73. The molecule has 0 saturated heterocycles. The predicted octanol–water partition coefficient (Wildman–Crippen LogP) is 6.46. The number of aromatic amines is 1. The molecular weight excluding hydrogens is 304 g/mol. The van der Waals surface area contributed by atoms with Gasteiger partial charge in [-0.1, -0.05) is 33.4 Å². The van der Waals surface area contributed by atoms with Crippen molar-refractivity contribution in [1.29, 1.82) is 0 Å². The maximum atomic E-state index is 4.66. The third kappa shape index (κ3) is 3.78. The Kier molecular flexibility index (Phi) is 5.27. The molecule has 0 amide bonds. The normalized spacial score (nSPS) is 16.7. The highest BCUT2D eigenvalue weighted by Gasteiger charge is 2.28. The molecule has 0 bridgehead atoms. The molecule has 1 heterocycles. The molecule has 1 aromatic heterocycles. The van der Waals surface area contributed by atoms with Gasteiger partial charge in [0, 0.05) is 40.1 Å². The number of H-pyrrole nitrogens is 1. The van der Waals surface area contributed by atoms with E-state index < -0.39 is 0 Å². The third-order valence-electron chi connectivity index (χ3n) is 5.33. The number of rotatable bonds is 7. The van der Waals surface area contributed by atoms with Crippen molar-refractivity contribution in [2.75, 3.05) is 0 Å². The van der Waals surface area contributed by atoms with Gasteiger partial charge in [-0.25, -0.2) is 0 Å². The summed E-state index contributed by atoms with van der Waals surface area (Å²) in [5.74, 6) is 1.13. The van der Waals surface area contributed by atoms with Crippen LogP contribution in [0, 0.1) is 18.8 Å². The summed E-state index contributed by atoms with van der Waals surface area (Å²) in [6.07, 6.45) is 8.78. The largest absolute Gasteiger partial charge is 0.358 e. The molecule has 1 aliphatic rings. The molecule has 2 heteroatoms. The molecular formula is C23H30N2. The molecule has 0 aliphatic heterocycles. The summed E-state index contributed by atoms with van der Waals surface area (Å²) in [7, 11) is 0. The van der Waals surface area contributed by atoms with Crippen molar-refractivity contribution in [2.45, 2.75) is 53.4 Å². The maximum absolute atomic E-state index is 4.66. The first kappa shape index (κ1) is 17.7. The monoisotopic (exact) mass is 334 g/mol. The minimum absolute atomic E-state index is 0.502. The fourth-order valence-corrected chi connectivity index (χ4v) is 3.27. The molecule has 1 N–H and O–H groups in total. The van der Waals surface area contributed by atoms with Gasteiger partial charge in [0.2, 0.25) is 0 Å². The number of aryl methyl sites for hydroxylation is 2. The SMILES string of the molecule is C=C(/C(=C\N=CC(C)CC)c1c(C)[nH]c2ccc(CC)cc12)C1CC1. The van der Waals surface area contributed by atoms with Gasteiger partial charge in [-0.3, -0.25) is 4.99 Å². The van der Waals surface area contributed by atoms with E-state index in [9.17, 15) is 0 Å². The minimum Gasteiger partial charge on any atom is -0.358 e. The maximum Gasteiger partial charge on any atom is 0.0462 e. The van der Waals surface area contributed by atoms with Crippen molar-refractivity contribution >= 4 is 22.7 Å². The average molecular weight is 335 g/mol. The molecule has 3 rings (SSSR count). The minimum atomic E-state index is 0.502. The fourth-order valence-electron chi connectivity index (χ4n) is 3.27. The van der Waals surface area contributed by atoms with Gasteiger partial charge in [-0.2, -0.15) is 0 Å². The van der Waals surface area contributed by atoms with E-state index in [1.54, 1.807) is 0 Å². The van der Waals surface area contributed by atoms with E-state index in [0.717, 1.165) is 12.8 Å². The topological polar surface area (TPSA) is 28.1 Å². The number of hydrogen-bond donors (Lipinski definition) is 1. The highest BCUT2D eigenvalue weighted by molar-refractivity contribution is 5.98. The van der Waals surface area contributed by atoms with Gasteiger partial charge in [0.1, 0.15) is 0 Å². The first-order valence-corrected chi connectivity index (χ1v) is 9.59.